The molecule has 1 aliphatic rings. The zero-order valence-corrected chi connectivity index (χ0v) is 10.3. The van der Waals surface area contributed by atoms with Gasteiger partial charge >= 0.3 is 0 Å². The number of halogens is 1. The number of carbonyl (C=O) groups is 1. The summed E-state index contributed by atoms with van der Waals surface area (Å²) in [5, 5.41) is 0. The van der Waals surface area contributed by atoms with Crippen LogP contribution >= 0.6 is 11.6 Å². The summed E-state index contributed by atoms with van der Waals surface area (Å²) in [5.74, 6) is 0.826. The van der Waals surface area contributed by atoms with Crippen molar-refractivity contribution >= 4 is 23.2 Å². The number of nitrogens with zero attached hydrogens (tertiary/aromatic N) is 1. The minimum Gasteiger partial charge on any atom is -0.312 e. The Bertz CT molecular complexity index is 403. The second-order valence-corrected chi connectivity index (χ2v) is 4.60. The molecule has 0 spiro atoms. The first-order valence-electron chi connectivity index (χ1n) is 5.68. The van der Waals surface area contributed by atoms with Crippen LogP contribution in [0.3, 0.4) is 0 Å². The van der Waals surface area contributed by atoms with Gasteiger partial charge in [-0.05, 0) is 31.4 Å². The Balaban J connectivity index is 2.29. The van der Waals surface area contributed by atoms with Gasteiger partial charge in [0.25, 0.3) is 0 Å². The molecule has 0 saturated carbocycles. The molecule has 0 saturated heterocycles. The van der Waals surface area contributed by atoms with E-state index in [1.807, 2.05) is 4.90 Å². The first kappa shape index (κ1) is 11.5. The van der Waals surface area contributed by atoms with Gasteiger partial charge in [0.05, 0.1) is 0 Å². The molecule has 86 valence electrons. The van der Waals surface area contributed by atoms with Gasteiger partial charge in [0, 0.05) is 24.5 Å². The smallest absolute Gasteiger partial charge is 0.227 e. The van der Waals surface area contributed by atoms with Gasteiger partial charge in [-0.1, -0.05) is 17.7 Å². The van der Waals surface area contributed by atoms with Gasteiger partial charge in [-0.2, -0.15) is 0 Å². The van der Waals surface area contributed by atoms with E-state index in [4.69, 9.17) is 11.6 Å². The Morgan fingerprint density at radius 3 is 2.94 bits per heavy atom. The molecule has 1 aromatic rings. The molecule has 1 heterocycles. The molecule has 0 atom stereocenters. The topological polar surface area (TPSA) is 20.3 Å². The van der Waals surface area contributed by atoms with Crippen LogP contribution in [0, 0.1) is 6.92 Å². The van der Waals surface area contributed by atoms with E-state index in [1.54, 1.807) is 0 Å². The van der Waals surface area contributed by atoms with E-state index in [0.717, 1.165) is 25.1 Å². The fourth-order valence-electron chi connectivity index (χ4n) is 2.15. The second-order valence-electron chi connectivity index (χ2n) is 4.22. The average Bonchev–Trinajstić information content (AvgIpc) is 2.28. The molecule has 0 aromatic heterocycles. The molecule has 1 aromatic carbocycles. The van der Waals surface area contributed by atoms with E-state index in [0.29, 0.717) is 12.3 Å². The molecule has 0 bridgehead atoms. The number of fused-ring (bicyclic) bond motifs is 1. The first-order valence-corrected chi connectivity index (χ1v) is 6.21. The molecule has 0 unspecified atom stereocenters. The van der Waals surface area contributed by atoms with Crippen molar-refractivity contribution in [2.24, 2.45) is 0 Å². The largest absolute Gasteiger partial charge is 0.312 e. The summed E-state index contributed by atoms with van der Waals surface area (Å²) in [4.78, 5) is 13.7. The van der Waals surface area contributed by atoms with Crippen LogP contribution in [-0.4, -0.2) is 18.3 Å². The predicted octanol–water partition coefficient (Wildman–Crippen LogP) is 2.90. The standard InChI is InChI=1S/C13H16ClNO/c1-10-3-5-12-11(9-10)4-6-13(16)15(12)8-2-7-14/h3,5,9H,2,4,6-8H2,1H3. The van der Waals surface area contributed by atoms with Crippen molar-refractivity contribution in [3.05, 3.63) is 29.3 Å². The minimum atomic E-state index is 0.224. The Morgan fingerprint density at radius 1 is 1.38 bits per heavy atom. The highest BCUT2D eigenvalue weighted by Crippen LogP contribution is 2.28. The first-order chi connectivity index (χ1) is 7.72. The van der Waals surface area contributed by atoms with Crippen LogP contribution < -0.4 is 4.90 Å². The molecule has 0 N–H and O–H groups in total. The number of anilines is 1. The minimum absolute atomic E-state index is 0.224. The number of alkyl halides is 1. The molecule has 2 rings (SSSR count). The van der Waals surface area contributed by atoms with Crippen LogP contribution in [0.4, 0.5) is 5.69 Å². The molecule has 3 heteroatoms. The van der Waals surface area contributed by atoms with Crippen molar-refractivity contribution in [1.29, 1.82) is 0 Å². The summed E-state index contributed by atoms with van der Waals surface area (Å²) in [6.07, 6.45) is 2.34. The SMILES string of the molecule is Cc1ccc2c(c1)CCC(=O)N2CCCCl. The lowest BCUT2D eigenvalue weighted by atomic mass is 9.99. The lowest BCUT2D eigenvalue weighted by Crippen LogP contribution is -2.36. The van der Waals surface area contributed by atoms with Crippen molar-refractivity contribution in [3.63, 3.8) is 0 Å². The normalized spacial score (nSPS) is 15.1. The van der Waals surface area contributed by atoms with Crippen LogP contribution in [0.15, 0.2) is 18.2 Å². The lowest BCUT2D eigenvalue weighted by molar-refractivity contribution is -0.118. The van der Waals surface area contributed by atoms with Gasteiger partial charge in [-0.15, -0.1) is 11.6 Å². The van der Waals surface area contributed by atoms with E-state index in [2.05, 4.69) is 25.1 Å². The molecule has 2 nitrogen and oxygen atoms in total. The van der Waals surface area contributed by atoms with Gasteiger partial charge < -0.3 is 4.90 Å². The van der Waals surface area contributed by atoms with Crippen molar-refractivity contribution in [2.45, 2.75) is 26.2 Å². The molecule has 0 aliphatic carbocycles. The summed E-state index contributed by atoms with van der Waals surface area (Å²) in [7, 11) is 0. The summed E-state index contributed by atoms with van der Waals surface area (Å²) in [5.41, 5.74) is 3.62. The van der Waals surface area contributed by atoms with Crippen molar-refractivity contribution in [2.75, 3.05) is 17.3 Å². The fourth-order valence-corrected chi connectivity index (χ4v) is 2.27. The Morgan fingerprint density at radius 2 is 2.19 bits per heavy atom. The highest BCUT2D eigenvalue weighted by atomic mass is 35.5. The summed E-state index contributed by atoms with van der Waals surface area (Å²) >= 11 is 5.68. The number of carbonyl (C=O) groups excluding carboxylic acids is 1. The monoisotopic (exact) mass is 237 g/mol. The zero-order chi connectivity index (χ0) is 11.5. The van der Waals surface area contributed by atoms with E-state index in [1.165, 1.54) is 11.1 Å². The molecule has 0 radical (unpaired) electrons. The quantitative estimate of drug-likeness (QED) is 0.741. The van der Waals surface area contributed by atoms with Crippen LogP contribution in [0.2, 0.25) is 0 Å². The van der Waals surface area contributed by atoms with Crippen LogP contribution in [-0.2, 0) is 11.2 Å². The van der Waals surface area contributed by atoms with Crippen LogP contribution in [0.5, 0.6) is 0 Å². The number of hydrogen-bond donors (Lipinski definition) is 0. The van der Waals surface area contributed by atoms with Gasteiger partial charge in [0.2, 0.25) is 5.91 Å². The number of hydrogen-bond acceptors (Lipinski definition) is 1. The maximum Gasteiger partial charge on any atom is 0.227 e. The van der Waals surface area contributed by atoms with Crippen LogP contribution in [0.1, 0.15) is 24.0 Å². The van der Waals surface area contributed by atoms with Crippen molar-refractivity contribution in [1.82, 2.24) is 0 Å². The summed E-state index contributed by atoms with van der Waals surface area (Å²) in [6.45, 7) is 2.82. The van der Waals surface area contributed by atoms with Gasteiger partial charge in [0.15, 0.2) is 0 Å². The number of benzene rings is 1. The summed E-state index contributed by atoms with van der Waals surface area (Å²) < 4.78 is 0. The molecule has 1 amide bonds. The maximum absolute atomic E-state index is 11.8. The van der Waals surface area contributed by atoms with E-state index >= 15 is 0 Å². The molecule has 16 heavy (non-hydrogen) atoms. The molecule has 0 fully saturated rings. The Kier molecular flexibility index (Phi) is 3.49. The predicted molar refractivity (Wildman–Crippen MR) is 67.2 cm³/mol. The number of aryl methyl sites for hydroxylation is 2. The third kappa shape index (κ3) is 2.22. The fraction of sp³-hybridized carbons (Fsp3) is 0.462. The van der Waals surface area contributed by atoms with E-state index in [-0.39, 0.29) is 5.91 Å². The Labute approximate surface area is 101 Å². The third-order valence-corrected chi connectivity index (χ3v) is 3.22. The number of rotatable bonds is 3. The average molecular weight is 238 g/mol. The Hall–Kier alpha value is -1.02. The summed E-state index contributed by atoms with van der Waals surface area (Å²) in [6, 6.07) is 6.29. The van der Waals surface area contributed by atoms with E-state index in [9.17, 15) is 4.79 Å². The molecular weight excluding hydrogens is 222 g/mol. The van der Waals surface area contributed by atoms with Gasteiger partial charge in [0.1, 0.15) is 0 Å². The molecule has 1 aliphatic heterocycles. The highest BCUT2D eigenvalue weighted by Gasteiger charge is 2.23. The van der Waals surface area contributed by atoms with E-state index < -0.39 is 0 Å². The maximum atomic E-state index is 11.8. The van der Waals surface area contributed by atoms with Crippen molar-refractivity contribution in [3.8, 4) is 0 Å². The van der Waals surface area contributed by atoms with Crippen molar-refractivity contribution < 1.29 is 4.79 Å². The third-order valence-electron chi connectivity index (χ3n) is 2.95. The van der Waals surface area contributed by atoms with Gasteiger partial charge in [-0.25, -0.2) is 0 Å². The van der Waals surface area contributed by atoms with Crippen LogP contribution in [0.25, 0.3) is 0 Å². The number of amides is 1. The lowest BCUT2D eigenvalue weighted by Gasteiger charge is -2.29. The highest BCUT2D eigenvalue weighted by molar-refractivity contribution is 6.17. The zero-order valence-electron chi connectivity index (χ0n) is 9.50. The molecular formula is C13H16ClNO. The van der Waals surface area contributed by atoms with Gasteiger partial charge in [-0.3, -0.25) is 4.79 Å². The second kappa shape index (κ2) is 4.88.